The van der Waals surface area contributed by atoms with Gasteiger partial charge in [0.25, 0.3) is 0 Å². The summed E-state index contributed by atoms with van der Waals surface area (Å²) in [6.45, 7) is 0.880. The quantitative estimate of drug-likeness (QED) is 0.838. The molecule has 1 aromatic carbocycles. The topological polar surface area (TPSA) is 42.7 Å². The van der Waals surface area contributed by atoms with Gasteiger partial charge in [-0.25, -0.2) is 9.67 Å². The van der Waals surface area contributed by atoms with Gasteiger partial charge in [-0.3, -0.25) is 0 Å². The van der Waals surface area contributed by atoms with E-state index in [0.717, 1.165) is 12.2 Å². The second kappa shape index (κ2) is 5.23. The highest BCUT2D eigenvalue weighted by Gasteiger charge is 1.95. The van der Waals surface area contributed by atoms with Crippen LogP contribution in [0.25, 0.3) is 11.8 Å². The molecule has 0 saturated carbocycles. The standard InChI is InChI=1S/C12H14N4/c1-13-8-2-3-11-4-6-12(7-5-11)16-10-14-9-15-16/h2-7,9-10,13H,8H2,1H3. The average Bonchev–Trinajstić information content (AvgIpc) is 2.84. The number of likely N-dealkylation sites (N-methyl/N-ethyl adjacent to an activating group) is 1. The van der Waals surface area contributed by atoms with Crippen molar-refractivity contribution in [1.29, 1.82) is 0 Å². The molecular weight excluding hydrogens is 200 g/mol. The molecule has 0 saturated heterocycles. The van der Waals surface area contributed by atoms with E-state index in [-0.39, 0.29) is 0 Å². The normalized spacial score (nSPS) is 11.1. The van der Waals surface area contributed by atoms with Crippen LogP contribution in [0, 0.1) is 0 Å². The molecule has 0 spiro atoms. The van der Waals surface area contributed by atoms with E-state index in [0.29, 0.717) is 0 Å². The lowest BCUT2D eigenvalue weighted by atomic mass is 10.2. The molecule has 0 bridgehead atoms. The maximum atomic E-state index is 4.07. The van der Waals surface area contributed by atoms with Gasteiger partial charge in [0.1, 0.15) is 12.7 Å². The predicted molar refractivity (Wildman–Crippen MR) is 64.3 cm³/mol. The molecule has 1 heterocycles. The van der Waals surface area contributed by atoms with Gasteiger partial charge >= 0.3 is 0 Å². The van der Waals surface area contributed by atoms with E-state index < -0.39 is 0 Å². The third kappa shape index (κ3) is 2.55. The Hall–Kier alpha value is -1.94. The molecule has 2 rings (SSSR count). The summed E-state index contributed by atoms with van der Waals surface area (Å²) in [5.41, 5.74) is 2.20. The van der Waals surface area contributed by atoms with Crippen LogP contribution < -0.4 is 5.32 Å². The highest BCUT2D eigenvalue weighted by Crippen LogP contribution is 2.08. The highest BCUT2D eigenvalue weighted by molar-refractivity contribution is 5.51. The molecule has 0 aliphatic heterocycles. The summed E-state index contributed by atoms with van der Waals surface area (Å²) < 4.78 is 1.74. The first-order valence-electron chi connectivity index (χ1n) is 5.16. The van der Waals surface area contributed by atoms with Crippen LogP contribution in [-0.4, -0.2) is 28.4 Å². The van der Waals surface area contributed by atoms with Gasteiger partial charge in [-0.1, -0.05) is 24.3 Å². The third-order valence-electron chi connectivity index (χ3n) is 2.21. The van der Waals surface area contributed by atoms with E-state index in [4.69, 9.17) is 0 Å². The predicted octanol–water partition coefficient (Wildman–Crippen LogP) is 1.50. The van der Waals surface area contributed by atoms with Gasteiger partial charge in [0.05, 0.1) is 5.69 Å². The summed E-state index contributed by atoms with van der Waals surface area (Å²) in [5, 5.41) is 7.13. The summed E-state index contributed by atoms with van der Waals surface area (Å²) in [6.07, 6.45) is 7.39. The van der Waals surface area contributed by atoms with E-state index in [1.54, 1.807) is 11.0 Å². The fourth-order valence-electron chi connectivity index (χ4n) is 1.39. The molecule has 1 N–H and O–H groups in total. The zero-order chi connectivity index (χ0) is 11.2. The molecule has 4 heteroatoms. The molecule has 0 radical (unpaired) electrons. The molecule has 0 unspecified atom stereocenters. The Labute approximate surface area is 94.6 Å². The fourth-order valence-corrected chi connectivity index (χ4v) is 1.39. The van der Waals surface area contributed by atoms with Gasteiger partial charge < -0.3 is 5.32 Å². The van der Waals surface area contributed by atoms with Gasteiger partial charge in [-0.2, -0.15) is 5.10 Å². The van der Waals surface area contributed by atoms with Crippen molar-refractivity contribution in [3.8, 4) is 5.69 Å². The molecule has 0 aliphatic rings. The first kappa shape index (κ1) is 10.6. The van der Waals surface area contributed by atoms with Crippen LogP contribution in [0.15, 0.2) is 43.0 Å². The first-order valence-corrected chi connectivity index (χ1v) is 5.16. The van der Waals surface area contributed by atoms with Crippen LogP contribution >= 0.6 is 0 Å². The Morgan fingerprint density at radius 3 is 2.75 bits per heavy atom. The molecule has 1 aromatic heterocycles. The number of nitrogens with one attached hydrogen (secondary N) is 1. The lowest BCUT2D eigenvalue weighted by Gasteiger charge is -2.00. The minimum atomic E-state index is 0.880. The van der Waals surface area contributed by atoms with Crippen molar-refractivity contribution in [2.45, 2.75) is 0 Å². The van der Waals surface area contributed by atoms with Crippen molar-refractivity contribution in [3.05, 3.63) is 48.6 Å². The van der Waals surface area contributed by atoms with E-state index in [1.165, 1.54) is 11.9 Å². The maximum absolute atomic E-state index is 4.07. The van der Waals surface area contributed by atoms with Gasteiger partial charge in [-0.05, 0) is 24.7 Å². The summed E-state index contributed by atoms with van der Waals surface area (Å²) in [6, 6.07) is 8.16. The fraction of sp³-hybridized carbons (Fsp3) is 0.167. The lowest BCUT2D eigenvalue weighted by Crippen LogP contribution is -2.03. The van der Waals surface area contributed by atoms with Crippen LogP contribution in [-0.2, 0) is 0 Å². The Balaban J connectivity index is 2.11. The number of rotatable bonds is 4. The van der Waals surface area contributed by atoms with Crippen molar-refractivity contribution in [2.75, 3.05) is 13.6 Å². The molecule has 2 aromatic rings. The molecule has 82 valence electrons. The van der Waals surface area contributed by atoms with E-state index in [2.05, 4.69) is 39.7 Å². The third-order valence-corrected chi connectivity index (χ3v) is 2.21. The van der Waals surface area contributed by atoms with Gasteiger partial charge in [0.2, 0.25) is 0 Å². The first-order chi connectivity index (χ1) is 7.90. The summed E-state index contributed by atoms with van der Waals surface area (Å²) in [5.74, 6) is 0. The molecule has 0 fully saturated rings. The van der Waals surface area contributed by atoms with Crippen LogP contribution in [0.1, 0.15) is 5.56 Å². The second-order valence-electron chi connectivity index (χ2n) is 3.39. The molecular formula is C12H14N4. The summed E-state index contributed by atoms with van der Waals surface area (Å²) in [7, 11) is 1.93. The molecule has 0 atom stereocenters. The van der Waals surface area contributed by atoms with E-state index in [9.17, 15) is 0 Å². The number of benzene rings is 1. The van der Waals surface area contributed by atoms with Crippen LogP contribution in [0.2, 0.25) is 0 Å². The lowest BCUT2D eigenvalue weighted by molar-refractivity contribution is 0.879. The smallest absolute Gasteiger partial charge is 0.138 e. The SMILES string of the molecule is CNCC=Cc1ccc(-n2cncn2)cc1. The Morgan fingerprint density at radius 1 is 1.31 bits per heavy atom. The molecule has 0 aliphatic carbocycles. The number of hydrogen-bond acceptors (Lipinski definition) is 3. The second-order valence-corrected chi connectivity index (χ2v) is 3.39. The summed E-state index contributed by atoms with van der Waals surface area (Å²) in [4.78, 5) is 3.91. The minimum absolute atomic E-state index is 0.880. The zero-order valence-electron chi connectivity index (χ0n) is 9.17. The van der Waals surface area contributed by atoms with Crippen molar-refractivity contribution >= 4 is 6.08 Å². The number of hydrogen-bond donors (Lipinski definition) is 1. The maximum Gasteiger partial charge on any atom is 0.138 e. The minimum Gasteiger partial charge on any atom is -0.316 e. The van der Waals surface area contributed by atoms with Crippen molar-refractivity contribution in [1.82, 2.24) is 20.1 Å². The van der Waals surface area contributed by atoms with Gasteiger partial charge in [-0.15, -0.1) is 0 Å². The largest absolute Gasteiger partial charge is 0.316 e. The highest BCUT2D eigenvalue weighted by atomic mass is 15.3. The van der Waals surface area contributed by atoms with Crippen molar-refractivity contribution < 1.29 is 0 Å². The van der Waals surface area contributed by atoms with E-state index >= 15 is 0 Å². The Kier molecular flexibility index (Phi) is 3.46. The van der Waals surface area contributed by atoms with Crippen LogP contribution in [0.4, 0.5) is 0 Å². The molecule has 16 heavy (non-hydrogen) atoms. The molecule has 4 nitrogen and oxygen atoms in total. The van der Waals surface area contributed by atoms with E-state index in [1.807, 2.05) is 19.2 Å². The van der Waals surface area contributed by atoms with Crippen molar-refractivity contribution in [2.24, 2.45) is 0 Å². The Morgan fingerprint density at radius 2 is 2.12 bits per heavy atom. The molecule has 0 amide bonds. The van der Waals surface area contributed by atoms with Gasteiger partial charge in [0, 0.05) is 6.54 Å². The average molecular weight is 214 g/mol. The van der Waals surface area contributed by atoms with Crippen molar-refractivity contribution in [3.63, 3.8) is 0 Å². The Bertz CT molecular complexity index is 442. The van der Waals surface area contributed by atoms with Crippen LogP contribution in [0.5, 0.6) is 0 Å². The number of nitrogens with zero attached hydrogens (tertiary/aromatic N) is 3. The number of aromatic nitrogens is 3. The summed E-state index contributed by atoms with van der Waals surface area (Å²) >= 11 is 0. The zero-order valence-corrected chi connectivity index (χ0v) is 9.17. The van der Waals surface area contributed by atoms with Gasteiger partial charge in [0.15, 0.2) is 0 Å². The monoisotopic (exact) mass is 214 g/mol. The van der Waals surface area contributed by atoms with Crippen LogP contribution in [0.3, 0.4) is 0 Å².